The fourth-order valence-corrected chi connectivity index (χ4v) is 6.98. The maximum absolute atomic E-state index is 13.1. The van der Waals surface area contributed by atoms with Gasteiger partial charge < -0.3 is 9.47 Å². The molecule has 0 spiro atoms. The minimum atomic E-state index is -4.07. The molecule has 2 aromatic carbocycles. The van der Waals surface area contributed by atoms with Gasteiger partial charge in [0.2, 0.25) is 20.0 Å². The zero-order valence-corrected chi connectivity index (χ0v) is 27.4. The van der Waals surface area contributed by atoms with Gasteiger partial charge in [0.1, 0.15) is 24.0 Å². The number of rotatable bonds is 10. The van der Waals surface area contributed by atoms with Crippen LogP contribution in [0.2, 0.25) is 0 Å². The number of amides is 1. The van der Waals surface area contributed by atoms with Crippen LogP contribution in [0.15, 0.2) is 53.4 Å². The van der Waals surface area contributed by atoms with Crippen molar-refractivity contribution in [3.05, 3.63) is 59.8 Å². The number of aromatic nitrogens is 1. The maximum Gasteiger partial charge on any atom is 0.419 e. The lowest BCUT2D eigenvalue weighted by Crippen LogP contribution is -2.58. The quantitative estimate of drug-likeness (QED) is 0.215. The molecule has 1 aromatic heterocycles. The third-order valence-corrected chi connectivity index (χ3v) is 10.1. The van der Waals surface area contributed by atoms with E-state index in [1.165, 1.54) is 33.1 Å². The molecular weight excluding hydrogens is 626 g/mol. The second-order valence-corrected chi connectivity index (χ2v) is 15.4. The molecule has 3 N–H and O–H groups in total. The highest BCUT2D eigenvalue weighted by molar-refractivity contribution is 7.89. The minimum Gasteiger partial charge on any atom is -0.489 e. The molecule has 1 fully saturated rings. The number of fused-ring (bicyclic) bond motifs is 1. The first-order valence-corrected chi connectivity index (χ1v) is 17.5. The summed E-state index contributed by atoms with van der Waals surface area (Å²) in [5.74, 6) is -0.429. The number of hydrogen-bond donors (Lipinski definition) is 3. The number of nitrogens with one attached hydrogen (secondary N) is 2. The van der Waals surface area contributed by atoms with Gasteiger partial charge in [0.25, 0.3) is 5.91 Å². The number of piperazine rings is 1. The standard InChI is InChI=1S/C29H39N5O9S2/c1-20-24(23-8-6-7-9-25(23)34(20)28(36)43-29(2,3)4)19-42-21-10-12-22(13-11-21)45(40,41)30-18-26(27(35)31-37)32-14-16-33(17-15-32)44(5,38)39/h6-13,26,30,37H,14-19H2,1-5H3,(H,31,35)/t26-/m1/s1. The van der Waals surface area contributed by atoms with Crippen molar-refractivity contribution in [2.45, 2.75) is 50.8 Å². The molecule has 3 aromatic rings. The Kier molecular flexibility index (Phi) is 10.3. The van der Waals surface area contributed by atoms with Gasteiger partial charge in [-0.05, 0) is 58.0 Å². The molecule has 246 valence electrons. The van der Waals surface area contributed by atoms with Gasteiger partial charge in [0.15, 0.2) is 0 Å². The van der Waals surface area contributed by atoms with Crippen LogP contribution in [-0.2, 0) is 36.2 Å². The molecule has 1 saturated heterocycles. The van der Waals surface area contributed by atoms with Gasteiger partial charge in [-0.3, -0.25) is 14.9 Å². The number of hydrogen-bond acceptors (Lipinski definition) is 10. The average Bonchev–Trinajstić information content (AvgIpc) is 3.26. The highest BCUT2D eigenvalue weighted by Crippen LogP contribution is 2.28. The van der Waals surface area contributed by atoms with Crippen LogP contribution in [0.5, 0.6) is 5.75 Å². The summed E-state index contributed by atoms with van der Waals surface area (Å²) < 4.78 is 66.5. The number of ether oxygens (including phenoxy) is 2. The maximum atomic E-state index is 13.1. The summed E-state index contributed by atoms with van der Waals surface area (Å²) in [6, 6.07) is 12.1. The second-order valence-electron chi connectivity index (χ2n) is 11.7. The van der Waals surface area contributed by atoms with Crippen molar-refractivity contribution < 1.29 is 41.1 Å². The molecule has 0 radical (unpaired) electrons. The van der Waals surface area contributed by atoms with Crippen LogP contribution >= 0.6 is 0 Å². The molecule has 0 unspecified atom stereocenters. The number of para-hydroxylation sites is 1. The van der Waals surface area contributed by atoms with Crippen molar-refractivity contribution in [1.82, 2.24) is 24.0 Å². The van der Waals surface area contributed by atoms with Crippen LogP contribution in [0.25, 0.3) is 10.9 Å². The molecule has 45 heavy (non-hydrogen) atoms. The second kappa shape index (κ2) is 13.4. The Morgan fingerprint density at radius 2 is 1.60 bits per heavy atom. The molecule has 1 amide bonds. The molecule has 0 aliphatic carbocycles. The number of sulfonamides is 2. The van der Waals surface area contributed by atoms with E-state index in [-0.39, 0.29) is 44.2 Å². The van der Waals surface area contributed by atoms with E-state index in [0.29, 0.717) is 17.0 Å². The van der Waals surface area contributed by atoms with E-state index < -0.39 is 43.7 Å². The van der Waals surface area contributed by atoms with Crippen molar-refractivity contribution in [3.63, 3.8) is 0 Å². The Bertz CT molecular complexity index is 1760. The summed E-state index contributed by atoms with van der Waals surface area (Å²) in [6.07, 6.45) is 0.594. The highest BCUT2D eigenvalue weighted by atomic mass is 32.2. The Morgan fingerprint density at radius 3 is 2.18 bits per heavy atom. The molecular formula is C29H39N5O9S2. The van der Waals surface area contributed by atoms with Crippen molar-refractivity contribution in [3.8, 4) is 5.75 Å². The van der Waals surface area contributed by atoms with Gasteiger partial charge in [0.05, 0.1) is 16.7 Å². The Hall–Kier alpha value is -3.54. The number of benzene rings is 2. The van der Waals surface area contributed by atoms with Crippen LogP contribution in [0, 0.1) is 6.92 Å². The van der Waals surface area contributed by atoms with E-state index in [9.17, 15) is 31.6 Å². The number of carbonyl (C=O) groups excluding carboxylic acids is 2. The van der Waals surface area contributed by atoms with Crippen molar-refractivity contribution in [2.24, 2.45) is 0 Å². The SMILES string of the molecule is Cc1c(COc2ccc(S(=O)(=O)NC[C@H](C(=O)NO)N3CCN(S(C)(=O)=O)CC3)cc2)c2ccccc2n1C(=O)OC(C)(C)C. The lowest BCUT2D eigenvalue weighted by atomic mass is 10.1. The van der Waals surface area contributed by atoms with Gasteiger partial charge >= 0.3 is 6.09 Å². The normalized spacial score (nSPS) is 16.0. The van der Waals surface area contributed by atoms with Gasteiger partial charge in [-0.25, -0.2) is 36.4 Å². The molecule has 16 heteroatoms. The average molecular weight is 666 g/mol. The first-order chi connectivity index (χ1) is 21.0. The summed E-state index contributed by atoms with van der Waals surface area (Å²) in [5.41, 5.74) is 3.00. The summed E-state index contributed by atoms with van der Waals surface area (Å²) in [5, 5.41) is 10.1. The highest BCUT2D eigenvalue weighted by Gasteiger charge is 2.32. The molecule has 14 nitrogen and oxygen atoms in total. The molecule has 1 atom stereocenters. The fraction of sp³-hybridized carbons (Fsp3) is 0.448. The third-order valence-electron chi connectivity index (χ3n) is 7.40. The molecule has 4 rings (SSSR count). The summed E-state index contributed by atoms with van der Waals surface area (Å²) in [4.78, 5) is 26.9. The third kappa shape index (κ3) is 8.19. The van der Waals surface area contributed by atoms with E-state index in [1.807, 2.05) is 24.3 Å². The van der Waals surface area contributed by atoms with Gasteiger partial charge in [-0.2, -0.15) is 4.31 Å². The number of hydroxylamine groups is 1. The van der Waals surface area contributed by atoms with Crippen molar-refractivity contribution >= 4 is 42.9 Å². The fourth-order valence-electron chi connectivity index (χ4n) is 5.11. The summed E-state index contributed by atoms with van der Waals surface area (Å²) in [7, 11) is -7.47. The van der Waals surface area contributed by atoms with E-state index in [0.717, 1.165) is 17.2 Å². The Morgan fingerprint density at radius 1 is 0.978 bits per heavy atom. The number of carbonyl (C=O) groups is 2. The van der Waals surface area contributed by atoms with E-state index in [1.54, 1.807) is 38.1 Å². The molecule has 1 aliphatic heterocycles. The van der Waals surface area contributed by atoms with Crippen molar-refractivity contribution in [2.75, 3.05) is 39.0 Å². The topological polar surface area (TPSA) is 177 Å². The number of nitrogens with zero attached hydrogens (tertiary/aromatic N) is 3. The van der Waals surface area contributed by atoms with Gasteiger partial charge in [-0.15, -0.1) is 0 Å². The Balaban J connectivity index is 1.43. The first-order valence-electron chi connectivity index (χ1n) is 14.2. The van der Waals surface area contributed by atoms with E-state index in [4.69, 9.17) is 9.47 Å². The smallest absolute Gasteiger partial charge is 0.419 e. The van der Waals surface area contributed by atoms with Gasteiger partial charge in [-0.1, -0.05) is 18.2 Å². The Labute approximate surface area is 262 Å². The lowest BCUT2D eigenvalue weighted by Gasteiger charge is -2.37. The van der Waals surface area contributed by atoms with Crippen LogP contribution in [-0.4, -0.2) is 98.4 Å². The first kappa shape index (κ1) is 34.3. The zero-order chi connectivity index (χ0) is 33.2. The predicted molar refractivity (Wildman–Crippen MR) is 166 cm³/mol. The summed E-state index contributed by atoms with van der Waals surface area (Å²) >= 11 is 0. The van der Waals surface area contributed by atoms with Crippen molar-refractivity contribution in [1.29, 1.82) is 0 Å². The predicted octanol–water partition coefficient (Wildman–Crippen LogP) is 2.04. The monoisotopic (exact) mass is 665 g/mol. The molecule has 0 saturated carbocycles. The van der Waals surface area contributed by atoms with E-state index >= 15 is 0 Å². The zero-order valence-electron chi connectivity index (χ0n) is 25.8. The summed E-state index contributed by atoms with van der Waals surface area (Å²) in [6.45, 7) is 7.55. The lowest BCUT2D eigenvalue weighted by molar-refractivity contribution is -0.135. The minimum absolute atomic E-state index is 0.0717. The van der Waals surface area contributed by atoms with Gasteiger partial charge in [0, 0.05) is 49.4 Å². The molecule has 2 heterocycles. The van der Waals surface area contributed by atoms with Crippen LogP contribution < -0.4 is 14.9 Å². The van der Waals surface area contributed by atoms with Crippen LogP contribution in [0.4, 0.5) is 4.79 Å². The van der Waals surface area contributed by atoms with Crippen LogP contribution in [0.1, 0.15) is 32.0 Å². The largest absolute Gasteiger partial charge is 0.489 e. The van der Waals surface area contributed by atoms with Crippen LogP contribution in [0.3, 0.4) is 0 Å². The molecule has 1 aliphatic rings. The van der Waals surface area contributed by atoms with E-state index in [2.05, 4.69) is 4.72 Å². The molecule has 0 bridgehead atoms.